The molecule has 0 aromatic heterocycles. The summed E-state index contributed by atoms with van der Waals surface area (Å²) in [4.78, 5) is 11.3. The highest BCUT2D eigenvalue weighted by Gasteiger charge is 2.55. The first-order valence-electron chi connectivity index (χ1n) is 7.90. The third-order valence-corrected chi connectivity index (χ3v) is 6.08. The van der Waals surface area contributed by atoms with Crippen LogP contribution < -0.4 is 0 Å². The first kappa shape index (κ1) is 18.1. The Kier molecular flexibility index (Phi) is 4.48. The number of benzene rings is 1. The fourth-order valence-corrected chi connectivity index (χ4v) is 4.43. The molecule has 2 fully saturated rings. The average molecular weight is 376 g/mol. The molecule has 2 aliphatic carbocycles. The van der Waals surface area contributed by atoms with E-state index >= 15 is 0 Å². The Morgan fingerprint density at radius 3 is 2.40 bits per heavy atom. The third-order valence-electron chi connectivity index (χ3n) is 5.26. The largest absolute Gasteiger partial charge is 0.508 e. The van der Waals surface area contributed by atoms with E-state index in [1.165, 1.54) is 0 Å². The summed E-state index contributed by atoms with van der Waals surface area (Å²) in [6.07, 6.45) is 2.56. The highest BCUT2D eigenvalue weighted by molar-refractivity contribution is 7.87. The zero-order valence-corrected chi connectivity index (χ0v) is 14.0. The second-order valence-corrected chi connectivity index (χ2v) is 8.25. The van der Waals surface area contributed by atoms with Crippen molar-refractivity contribution in [3.8, 4) is 5.75 Å². The summed E-state index contributed by atoms with van der Waals surface area (Å²) < 4.78 is 60.5. The van der Waals surface area contributed by atoms with Gasteiger partial charge in [-0.1, -0.05) is 12.1 Å². The maximum Gasteiger partial charge on any atom is 0.465 e. The Bertz CT molecular complexity index is 761. The van der Waals surface area contributed by atoms with Crippen molar-refractivity contribution in [1.82, 2.24) is 0 Å². The van der Waals surface area contributed by atoms with Crippen LogP contribution in [0.4, 0.5) is 8.78 Å². The monoisotopic (exact) mass is 376 g/mol. The molecule has 4 unspecified atom stereocenters. The molecule has 2 aliphatic rings. The van der Waals surface area contributed by atoms with Crippen molar-refractivity contribution in [2.75, 3.05) is 6.61 Å². The zero-order chi connectivity index (χ0) is 18.4. The maximum atomic E-state index is 13.2. The Labute approximate surface area is 143 Å². The van der Waals surface area contributed by atoms with Gasteiger partial charge in [0.15, 0.2) is 0 Å². The molecule has 2 N–H and O–H groups in total. The highest BCUT2D eigenvalue weighted by atomic mass is 32.2. The van der Waals surface area contributed by atoms with Crippen molar-refractivity contribution in [2.45, 2.75) is 30.4 Å². The van der Waals surface area contributed by atoms with Crippen LogP contribution in [-0.4, -0.2) is 35.9 Å². The summed E-state index contributed by atoms with van der Waals surface area (Å²) in [6, 6.07) is 6.80. The van der Waals surface area contributed by atoms with Crippen molar-refractivity contribution in [1.29, 1.82) is 0 Å². The van der Waals surface area contributed by atoms with Crippen LogP contribution in [0.2, 0.25) is 0 Å². The number of phenols is 1. The van der Waals surface area contributed by atoms with E-state index in [2.05, 4.69) is 4.74 Å². The highest BCUT2D eigenvalue weighted by Crippen LogP contribution is 2.56. The molecule has 0 spiro atoms. The number of ether oxygens (including phenoxy) is 1. The second kappa shape index (κ2) is 6.21. The molecule has 0 radical (unpaired) electrons. The van der Waals surface area contributed by atoms with Crippen molar-refractivity contribution in [2.24, 2.45) is 17.8 Å². The number of carbonyl (C=O) groups is 1. The molecule has 4 atom stereocenters. The summed E-state index contributed by atoms with van der Waals surface area (Å²) in [5.41, 5.74) is 1.03. The summed E-state index contributed by atoms with van der Waals surface area (Å²) in [5, 5.41) is 4.42. The van der Waals surface area contributed by atoms with Gasteiger partial charge in [0.05, 0.1) is 6.61 Å². The molecular formula is C16H18F2O6S. The molecule has 0 aliphatic heterocycles. The predicted octanol–water partition coefficient (Wildman–Crippen LogP) is 2.55. The van der Waals surface area contributed by atoms with Gasteiger partial charge >= 0.3 is 21.3 Å². The normalized spacial score (nSPS) is 28.9. The van der Waals surface area contributed by atoms with Crippen LogP contribution in [0.1, 0.15) is 30.7 Å². The number of hydrogen-bond acceptors (Lipinski definition) is 5. The molecule has 0 heterocycles. The molecule has 138 valence electrons. The Morgan fingerprint density at radius 2 is 1.84 bits per heavy atom. The Morgan fingerprint density at radius 1 is 1.20 bits per heavy atom. The first-order chi connectivity index (χ1) is 11.6. The SMILES string of the molecule is O=C(OCC1CC2CC(c3ccc(O)cc3)C1C2)C(F)(F)S(=O)(=O)O. The van der Waals surface area contributed by atoms with Crippen molar-refractivity contribution in [3.63, 3.8) is 0 Å². The van der Waals surface area contributed by atoms with Crippen LogP contribution in [0.5, 0.6) is 5.75 Å². The summed E-state index contributed by atoms with van der Waals surface area (Å²) in [7, 11) is -5.85. The van der Waals surface area contributed by atoms with E-state index in [0.29, 0.717) is 5.92 Å². The number of esters is 1. The van der Waals surface area contributed by atoms with Gasteiger partial charge in [0.1, 0.15) is 5.75 Å². The van der Waals surface area contributed by atoms with Gasteiger partial charge in [0, 0.05) is 0 Å². The molecule has 2 saturated carbocycles. The van der Waals surface area contributed by atoms with E-state index in [0.717, 1.165) is 24.8 Å². The minimum atomic E-state index is -5.85. The molecule has 0 saturated heterocycles. The number of phenolic OH excluding ortho intramolecular Hbond substituents is 1. The number of halogens is 2. The van der Waals surface area contributed by atoms with Crippen LogP contribution in [-0.2, 0) is 19.6 Å². The van der Waals surface area contributed by atoms with Gasteiger partial charge in [-0.25, -0.2) is 4.79 Å². The molecule has 6 nitrogen and oxygen atoms in total. The number of hydrogen-bond donors (Lipinski definition) is 2. The van der Waals surface area contributed by atoms with Crippen LogP contribution in [0, 0.1) is 17.8 Å². The Hall–Kier alpha value is -1.74. The third kappa shape index (κ3) is 3.35. The van der Waals surface area contributed by atoms with Gasteiger partial charge in [-0.3, -0.25) is 4.55 Å². The van der Waals surface area contributed by atoms with Crippen LogP contribution >= 0.6 is 0 Å². The number of aromatic hydroxyl groups is 1. The average Bonchev–Trinajstić information content (AvgIpc) is 3.12. The van der Waals surface area contributed by atoms with E-state index in [1.807, 2.05) is 12.1 Å². The molecule has 1 aromatic rings. The van der Waals surface area contributed by atoms with Gasteiger partial charge in [-0.15, -0.1) is 0 Å². The minimum absolute atomic E-state index is 0.140. The number of carbonyl (C=O) groups excluding carboxylic acids is 1. The fourth-order valence-electron chi connectivity index (χ4n) is 4.16. The first-order valence-corrected chi connectivity index (χ1v) is 9.34. The van der Waals surface area contributed by atoms with Gasteiger partial charge in [0.2, 0.25) is 0 Å². The van der Waals surface area contributed by atoms with Crippen LogP contribution in [0.15, 0.2) is 24.3 Å². The molecule has 2 bridgehead atoms. The molecule has 9 heteroatoms. The standard InChI is InChI=1S/C16H18F2O6S/c17-16(18,25(21,22)23)15(20)24-8-11-5-9-6-13(14(11)7-9)10-1-3-12(19)4-2-10/h1-4,9,11,13-14,19H,5-8H2,(H,21,22,23). The number of rotatable bonds is 5. The molecular weight excluding hydrogens is 358 g/mol. The van der Waals surface area contributed by atoms with E-state index in [9.17, 15) is 27.1 Å². The lowest BCUT2D eigenvalue weighted by Crippen LogP contribution is -2.40. The summed E-state index contributed by atoms with van der Waals surface area (Å²) in [5.74, 6) is -1.51. The minimum Gasteiger partial charge on any atom is -0.508 e. The maximum absolute atomic E-state index is 13.2. The quantitative estimate of drug-likeness (QED) is 0.605. The summed E-state index contributed by atoms with van der Waals surface area (Å²) in [6.45, 7) is -0.306. The van der Waals surface area contributed by atoms with Gasteiger partial charge in [-0.05, 0) is 60.6 Å². The zero-order valence-electron chi connectivity index (χ0n) is 13.1. The molecule has 1 aromatic carbocycles. The van der Waals surface area contributed by atoms with E-state index in [4.69, 9.17) is 4.55 Å². The van der Waals surface area contributed by atoms with Gasteiger partial charge in [-0.2, -0.15) is 17.2 Å². The fraction of sp³-hybridized carbons (Fsp3) is 0.562. The lowest BCUT2D eigenvalue weighted by atomic mass is 9.77. The van der Waals surface area contributed by atoms with Gasteiger partial charge in [0.25, 0.3) is 0 Å². The Balaban J connectivity index is 1.65. The lowest BCUT2D eigenvalue weighted by molar-refractivity contribution is -0.163. The van der Waals surface area contributed by atoms with Gasteiger partial charge < -0.3 is 9.84 Å². The molecule has 3 rings (SSSR count). The lowest BCUT2D eigenvalue weighted by Gasteiger charge is -2.29. The van der Waals surface area contributed by atoms with Crippen molar-refractivity contribution in [3.05, 3.63) is 29.8 Å². The predicted molar refractivity (Wildman–Crippen MR) is 82.6 cm³/mol. The second-order valence-electron chi connectivity index (χ2n) is 6.79. The van der Waals surface area contributed by atoms with Crippen LogP contribution in [0.25, 0.3) is 0 Å². The summed E-state index contributed by atoms with van der Waals surface area (Å²) >= 11 is 0. The van der Waals surface area contributed by atoms with Crippen LogP contribution in [0.3, 0.4) is 0 Å². The van der Waals surface area contributed by atoms with Crippen molar-refractivity contribution < 1.29 is 36.4 Å². The topological polar surface area (TPSA) is 101 Å². The van der Waals surface area contributed by atoms with E-state index in [1.54, 1.807) is 12.1 Å². The molecule has 0 amide bonds. The van der Waals surface area contributed by atoms with E-state index < -0.39 is 21.3 Å². The number of fused-ring (bicyclic) bond motifs is 2. The smallest absolute Gasteiger partial charge is 0.465 e. The molecule has 25 heavy (non-hydrogen) atoms. The van der Waals surface area contributed by atoms with E-state index in [-0.39, 0.29) is 30.1 Å². The number of alkyl halides is 2. The van der Waals surface area contributed by atoms with Crippen molar-refractivity contribution >= 4 is 16.1 Å².